The molecule has 0 bridgehead atoms. The van der Waals surface area contributed by atoms with E-state index in [1.54, 1.807) is 17.7 Å². The van der Waals surface area contributed by atoms with Crippen LogP contribution in [0, 0.1) is 5.41 Å². The van der Waals surface area contributed by atoms with Crippen molar-refractivity contribution in [3.63, 3.8) is 0 Å². The van der Waals surface area contributed by atoms with Crippen LogP contribution in [-0.4, -0.2) is 3.71 Å². The first-order valence-corrected chi connectivity index (χ1v) is 18.6. The van der Waals surface area contributed by atoms with Crippen molar-refractivity contribution < 1.29 is 21.3 Å². The van der Waals surface area contributed by atoms with Gasteiger partial charge in [-0.15, -0.1) is 0 Å². The molecule has 3 aromatic rings. The molecule has 0 unspecified atom stereocenters. The van der Waals surface area contributed by atoms with E-state index in [4.69, 9.17) is 0 Å². The van der Waals surface area contributed by atoms with Gasteiger partial charge < -0.3 is 0 Å². The summed E-state index contributed by atoms with van der Waals surface area (Å²) < 4.78 is 6.29. The van der Waals surface area contributed by atoms with Crippen molar-refractivity contribution in [3.05, 3.63) is 109 Å². The van der Waals surface area contributed by atoms with E-state index in [0.717, 1.165) is 19.3 Å². The Morgan fingerprint density at radius 1 is 0.744 bits per heavy atom. The Kier molecular flexibility index (Phi) is 7.56. The summed E-state index contributed by atoms with van der Waals surface area (Å²) in [4.78, 5) is 0. The van der Waals surface area contributed by atoms with Gasteiger partial charge in [0.15, 0.2) is 0 Å². The topological polar surface area (TPSA) is 0 Å². The Labute approximate surface area is 245 Å². The number of fused-ring (bicyclic) bond motifs is 3. The molecule has 0 saturated carbocycles. The maximum atomic E-state index is 2.80. The second-order valence-electron chi connectivity index (χ2n) is 14.7. The number of rotatable bonds is 4. The van der Waals surface area contributed by atoms with Gasteiger partial charge in [-0.3, -0.25) is 0 Å². The average molecular weight is 594 g/mol. The number of hydrogen-bond acceptors (Lipinski definition) is 0. The van der Waals surface area contributed by atoms with Crippen LogP contribution in [0.3, 0.4) is 0 Å². The fraction of sp³-hybridized carbons (Fsp3) is 0.395. The van der Waals surface area contributed by atoms with E-state index < -0.39 is 21.3 Å². The van der Waals surface area contributed by atoms with Gasteiger partial charge in [0.1, 0.15) is 0 Å². The van der Waals surface area contributed by atoms with E-state index in [2.05, 4.69) is 139 Å². The molecule has 0 spiro atoms. The quantitative estimate of drug-likeness (QED) is 0.221. The average Bonchev–Trinajstić information content (AvgIpc) is 3.49. The summed E-state index contributed by atoms with van der Waals surface area (Å²) in [6, 6.07) is 23.3. The van der Waals surface area contributed by atoms with E-state index in [0.29, 0.717) is 0 Å². The maximum absolute atomic E-state index is 2.80. The zero-order valence-corrected chi connectivity index (χ0v) is 28.1. The van der Waals surface area contributed by atoms with Crippen molar-refractivity contribution in [2.75, 3.05) is 0 Å². The van der Waals surface area contributed by atoms with Crippen LogP contribution < -0.4 is 3.27 Å². The summed E-state index contributed by atoms with van der Waals surface area (Å²) in [5, 5.41) is 0. The molecule has 202 valence electrons. The fourth-order valence-electron chi connectivity index (χ4n) is 6.14. The van der Waals surface area contributed by atoms with Crippen LogP contribution in [0.15, 0.2) is 81.7 Å². The van der Waals surface area contributed by atoms with Gasteiger partial charge >= 0.3 is 247 Å². The molecule has 0 fully saturated rings. The molecule has 0 atom stereocenters. The van der Waals surface area contributed by atoms with Crippen LogP contribution in [0.2, 0.25) is 0 Å². The number of allylic oxidation sites excluding steroid dienone is 4. The summed E-state index contributed by atoms with van der Waals surface area (Å²) in [5.74, 6) is 0. The predicted molar refractivity (Wildman–Crippen MR) is 168 cm³/mol. The van der Waals surface area contributed by atoms with Crippen LogP contribution in [0.5, 0.6) is 0 Å². The van der Waals surface area contributed by atoms with Gasteiger partial charge in [0, 0.05) is 0 Å². The van der Waals surface area contributed by atoms with Crippen molar-refractivity contribution in [1.29, 1.82) is 0 Å². The van der Waals surface area contributed by atoms with E-state index >= 15 is 0 Å². The first-order chi connectivity index (χ1) is 18.2. The van der Waals surface area contributed by atoms with Gasteiger partial charge in [-0.25, -0.2) is 0 Å². The molecular formula is C38H46Zr. The van der Waals surface area contributed by atoms with Crippen molar-refractivity contribution in [1.82, 2.24) is 0 Å². The van der Waals surface area contributed by atoms with Crippen LogP contribution in [0.25, 0.3) is 11.1 Å². The van der Waals surface area contributed by atoms with E-state index in [1.165, 1.54) is 33.4 Å². The third-order valence-electron chi connectivity index (χ3n) is 8.49. The van der Waals surface area contributed by atoms with E-state index in [-0.39, 0.29) is 16.2 Å². The molecule has 0 aromatic heterocycles. The summed E-state index contributed by atoms with van der Waals surface area (Å²) in [5.41, 5.74) is 12.5. The van der Waals surface area contributed by atoms with Crippen LogP contribution in [0.4, 0.5) is 0 Å². The third kappa shape index (κ3) is 5.86. The SMILES string of the molecule is CC(C)(C)C1=CC[C](/[Zr](=[CH]/Cc2ccccc2)[c]2c(C(C)(C)C)ccc3c2Cc2cc(C(C)(C)C)ccc2-3)=C1. The van der Waals surface area contributed by atoms with Gasteiger partial charge in [0.05, 0.1) is 0 Å². The van der Waals surface area contributed by atoms with Gasteiger partial charge in [0.2, 0.25) is 0 Å². The summed E-state index contributed by atoms with van der Waals surface area (Å²) in [6.07, 6.45) is 8.40. The Morgan fingerprint density at radius 3 is 2.05 bits per heavy atom. The Hall–Kier alpha value is -2.11. The molecule has 0 amide bonds. The Balaban J connectivity index is 1.71. The van der Waals surface area contributed by atoms with Gasteiger partial charge in [-0.2, -0.15) is 0 Å². The molecule has 1 heteroatoms. The molecular weight excluding hydrogens is 548 g/mol. The normalized spacial score (nSPS) is 15.7. The van der Waals surface area contributed by atoms with Gasteiger partial charge in [-0.05, 0) is 0 Å². The Bertz CT molecular complexity index is 1490. The molecule has 0 N–H and O–H groups in total. The van der Waals surface area contributed by atoms with Crippen LogP contribution in [-0.2, 0) is 44.9 Å². The number of benzene rings is 3. The molecule has 39 heavy (non-hydrogen) atoms. The predicted octanol–water partition coefficient (Wildman–Crippen LogP) is 9.40. The number of hydrogen-bond donors (Lipinski definition) is 0. The zero-order valence-electron chi connectivity index (χ0n) is 25.6. The van der Waals surface area contributed by atoms with Gasteiger partial charge in [-0.1, -0.05) is 0 Å². The third-order valence-corrected chi connectivity index (χ3v) is 15.3. The Morgan fingerprint density at radius 2 is 1.44 bits per heavy atom. The van der Waals surface area contributed by atoms with Crippen LogP contribution >= 0.6 is 0 Å². The minimum atomic E-state index is -2.39. The summed E-state index contributed by atoms with van der Waals surface area (Å²) >= 11 is -2.39. The minimum absolute atomic E-state index is 0.113. The molecule has 0 heterocycles. The molecule has 0 aliphatic heterocycles. The van der Waals surface area contributed by atoms with E-state index in [1.807, 2.05) is 0 Å². The molecule has 2 aliphatic carbocycles. The second-order valence-corrected chi connectivity index (χ2v) is 20.5. The summed E-state index contributed by atoms with van der Waals surface area (Å²) in [6.45, 7) is 21.3. The summed E-state index contributed by atoms with van der Waals surface area (Å²) in [7, 11) is 0. The van der Waals surface area contributed by atoms with Crippen molar-refractivity contribution in [2.45, 2.75) is 92.4 Å². The second kappa shape index (κ2) is 10.4. The van der Waals surface area contributed by atoms with Crippen molar-refractivity contribution in [3.8, 4) is 11.1 Å². The molecule has 0 nitrogen and oxygen atoms in total. The fourth-order valence-corrected chi connectivity index (χ4v) is 13.9. The molecule has 0 saturated heterocycles. The van der Waals surface area contributed by atoms with Crippen LogP contribution in [0.1, 0.15) is 96.6 Å². The van der Waals surface area contributed by atoms with Crippen molar-refractivity contribution in [2.24, 2.45) is 5.41 Å². The van der Waals surface area contributed by atoms with E-state index in [9.17, 15) is 0 Å². The standard InChI is InChI=1S/C21H25.C9H13.C8H8.Zr/c1-20(2,3)16-7-9-18-14(12-16)11-15-13-17(21(4,5)6)8-10-19(15)18;1-9(2,3)8-6-4-5-7-8;1-2-8-6-4-3-5-7-8;/h7-10,12H,11H2,1-6H3;6-7H,4H2,1-3H3;1,3-7H,2H2;. The zero-order chi connectivity index (χ0) is 28.2. The van der Waals surface area contributed by atoms with Crippen molar-refractivity contribution >= 4 is 6.98 Å². The van der Waals surface area contributed by atoms with Gasteiger partial charge in [0.25, 0.3) is 0 Å². The first kappa shape index (κ1) is 28.4. The molecule has 0 radical (unpaired) electrons. The molecule has 2 aliphatic rings. The molecule has 3 aromatic carbocycles. The molecule has 5 rings (SSSR count). The first-order valence-electron chi connectivity index (χ1n) is 14.7. The monoisotopic (exact) mass is 592 g/mol.